The highest BCUT2D eigenvalue weighted by Gasteiger charge is 2.11. The molecule has 140 valence electrons. The summed E-state index contributed by atoms with van der Waals surface area (Å²) in [5.74, 6) is -0.0504. The normalized spacial score (nSPS) is 9.33. The van der Waals surface area contributed by atoms with E-state index in [1.807, 2.05) is 50.1 Å². The molecule has 0 fully saturated rings. The van der Waals surface area contributed by atoms with Crippen molar-refractivity contribution in [2.45, 2.75) is 6.92 Å². The van der Waals surface area contributed by atoms with Gasteiger partial charge in [0.05, 0.1) is 10.0 Å². The molecule has 2 N–H and O–H groups in total. The highest BCUT2D eigenvalue weighted by atomic mass is 79.9. The van der Waals surface area contributed by atoms with Gasteiger partial charge >= 0.3 is 0 Å². The minimum absolute atomic E-state index is 0.0504. The molecule has 0 spiro atoms. The van der Waals surface area contributed by atoms with E-state index in [1.165, 1.54) is 0 Å². The molecule has 3 aromatic rings. The van der Waals surface area contributed by atoms with Crippen molar-refractivity contribution in [1.29, 1.82) is 0 Å². The van der Waals surface area contributed by atoms with Crippen LogP contribution >= 0.6 is 39.1 Å². The maximum atomic E-state index is 12.1. The minimum Gasteiger partial charge on any atom is -0.398 e. The number of hydrogen-bond acceptors (Lipinski definition) is 3. The Hall–Kier alpha value is -2.14. The second kappa shape index (κ2) is 11.5. The highest BCUT2D eigenvalue weighted by molar-refractivity contribution is 9.10. The van der Waals surface area contributed by atoms with E-state index in [2.05, 4.69) is 15.9 Å². The third-order valence-corrected chi connectivity index (χ3v) is 4.60. The zero-order valence-corrected chi connectivity index (χ0v) is 17.7. The Morgan fingerprint density at radius 1 is 0.926 bits per heavy atom. The van der Waals surface area contributed by atoms with Crippen LogP contribution in [0.3, 0.4) is 0 Å². The van der Waals surface area contributed by atoms with E-state index < -0.39 is 0 Å². The molecule has 6 heteroatoms. The molecule has 0 aromatic heterocycles. The number of hydrogen-bond donors (Lipinski definition) is 1. The first-order valence-corrected chi connectivity index (χ1v) is 9.28. The Morgan fingerprint density at radius 3 is 2.07 bits per heavy atom. The van der Waals surface area contributed by atoms with Gasteiger partial charge in [-0.05, 0) is 42.8 Å². The van der Waals surface area contributed by atoms with Crippen LogP contribution in [0.25, 0.3) is 0 Å². The smallest absolute Gasteiger partial charge is 0.195 e. The molecule has 0 amide bonds. The van der Waals surface area contributed by atoms with Crippen molar-refractivity contribution in [1.82, 2.24) is 0 Å². The van der Waals surface area contributed by atoms with Gasteiger partial charge in [0.25, 0.3) is 0 Å². The van der Waals surface area contributed by atoms with Crippen LogP contribution in [0.15, 0.2) is 71.2 Å². The Morgan fingerprint density at radius 2 is 1.56 bits per heavy atom. The average molecular weight is 467 g/mol. The third-order valence-electron chi connectivity index (χ3n) is 3.37. The predicted molar refractivity (Wildman–Crippen MR) is 117 cm³/mol. The Balaban J connectivity index is 0.000000282. The fraction of sp³-hybridized carbons (Fsp3) is 0.0476. The van der Waals surface area contributed by atoms with E-state index in [1.54, 1.807) is 30.3 Å². The van der Waals surface area contributed by atoms with Gasteiger partial charge in [0, 0.05) is 21.3 Å². The standard InChI is InChI=1S/C13H10BrNO.C7H6Cl2.CH2O/c14-10-6-7-11(12(15)8-10)13(16)9-4-2-1-3-5-9;1-5-2-3-6(8)7(9)4-5;1-2/h1-8H,15H2;2-4H,1H3;1H2. The number of carbonyl (C=O) groups is 2. The molecule has 3 aromatic carbocycles. The summed E-state index contributed by atoms with van der Waals surface area (Å²) in [4.78, 5) is 20.1. The molecule has 0 unspecified atom stereocenters. The van der Waals surface area contributed by atoms with Crippen LogP contribution in [0.5, 0.6) is 0 Å². The minimum atomic E-state index is -0.0504. The molecule has 0 radical (unpaired) electrons. The van der Waals surface area contributed by atoms with Crippen molar-refractivity contribution in [2.75, 3.05) is 5.73 Å². The number of rotatable bonds is 2. The maximum Gasteiger partial charge on any atom is 0.195 e. The number of nitrogens with two attached hydrogens (primary N) is 1. The topological polar surface area (TPSA) is 60.2 Å². The summed E-state index contributed by atoms with van der Waals surface area (Å²) in [7, 11) is 0. The van der Waals surface area contributed by atoms with Crippen molar-refractivity contribution < 1.29 is 9.59 Å². The number of halogens is 3. The van der Waals surface area contributed by atoms with Gasteiger partial charge in [0.1, 0.15) is 6.79 Å². The lowest BCUT2D eigenvalue weighted by Gasteiger charge is -2.05. The highest BCUT2D eigenvalue weighted by Crippen LogP contribution is 2.22. The van der Waals surface area contributed by atoms with E-state index in [4.69, 9.17) is 33.7 Å². The molecule has 3 rings (SSSR count). The van der Waals surface area contributed by atoms with Gasteiger partial charge in [-0.2, -0.15) is 0 Å². The van der Waals surface area contributed by atoms with Crippen molar-refractivity contribution >= 4 is 57.4 Å². The monoisotopic (exact) mass is 465 g/mol. The molecular formula is C21H18BrCl2NO2. The van der Waals surface area contributed by atoms with Crippen molar-refractivity contribution in [3.05, 3.63) is 97.9 Å². The van der Waals surface area contributed by atoms with Crippen molar-refractivity contribution in [2.24, 2.45) is 0 Å². The largest absolute Gasteiger partial charge is 0.398 e. The number of benzene rings is 3. The fourth-order valence-electron chi connectivity index (χ4n) is 2.09. The third kappa shape index (κ3) is 7.18. The molecule has 27 heavy (non-hydrogen) atoms. The number of carbonyl (C=O) groups excluding carboxylic acids is 2. The Kier molecular flexibility index (Phi) is 9.79. The van der Waals surface area contributed by atoms with E-state index in [-0.39, 0.29) is 5.78 Å². The molecule has 0 aliphatic rings. The second-order valence-corrected chi connectivity index (χ2v) is 7.07. The van der Waals surface area contributed by atoms with Gasteiger partial charge in [-0.15, -0.1) is 0 Å². The van der Waals surface area contributed by atoms with E-state index in [9.17, 15) is 4.79 Å². The van der Waals surface area contributed by atoms with Gasteiger partial charge in [0.15, 0.2) is 5.78 Å². The zero-order chi connectivity index (χ0) is 20.4. The van der Waals surface area contributed by atoms with E-state index in [0.717, 1.165) is 10.0 Å². The molecule has 0 saturated heterocycles. The van der Waals surface area contributed by atoms with Crippen LogP contribution in [0.2, 0.25) is 10.0 Å². The molecule has 0 atom stereocenters. The second-order valence-electron chi connectivity index (χ2n) is 5.34. The maximum absolute atomic E-state index is 12.1. The lowest BCUT2D eigenvalue weighted by atomic mass is 10.0. The van der Waals surface area contributed by atoms with Crippen LogP contribution in [0, 0.1) is 6.92 Å². The number of aryl methyl sites for hydroxylation is 1. The van der Waals surface area contributed by atoms with Crippen molar-refractivity contribution in [3.8, 4) is 0 Å². The summed E-state index contributed by atoms with van der Waals surface area (Å²) >= 11 is 14.6. The van der Waals surface area contributed by atoms with Gasteiger partial charge < -0.3 is 10.5 Å². The molecule has 0 aliphatic heterocycles. The van der Waals surface area contributed by atoms with Crippen LogP contribution in [-0.4, -0.2) is 12.6 Å². The first kappa shape index (κ1) is 22.9. The first-order chi connectivity index (χ1) is 12.9. The number of nitrogen functional groups attached to an aromatic ring is 1. The van der Waals surface area contributed by atoms with Crippen LogP contribution in [-0.2, 0) is 4.79 Å². The quantitative estimate of drug-likeness (QED) is 0.352. The molecular weight excluding hydrogens is 449 g/mol. The number of anilines is 1. The van der Waals surface area contributed by atoms with E-state index in [0.29, 0.717) is 26.9 Å². The summed E-state index contributed by atoms with van der Waals surface area (Å²) in [6, 6.07) is 19.9. The van der Waals surface area contributed by atoms with E-state index >= 15 is 0 Å². The average Bonchev–Trinajstić information content (AvgIpc) is 2.67. The summed E-state index contributed by atoms with van der Waals surface area (Å²) in [6.45, 7) is 3.97. The summed E-state index contributed by atoms with van der Waals surface area (Å²) in [6.07, 6.45) is 0. The van der Waals surface area contributed by atoms with Crippen LogP contribution in [0.4, 0.5) is 5.69 Å². The van der Waals surface area contributed by atoms with Crippen LogP contribution in [0.1, 0.15) is 21.5 Å². The summed E-state index contributed by atoms with van der Waals surface area (Å²) in [5.41, 5.74) is 8.61. The predicted octanol–water partition coefficient (Wildman–Crippen LogP) is 6.38. The summed E-state index contributed by atoms with van der Waals surface area (Å²) in [5, 5.41) is 1.24. The molecule has 0 heterocycles. The first-order valence-electron chi connectivity index (χ1n) is 7.74. The van der Waals surface area contributed by atoms with Gasteiger partial charge in [-0.25, -0.2) is 0 Å². The Labute approximate surface area is 177 Å². The lowest BCUT2D eigenvalue weighted by Crippen LogP contribution is -2.04. The van der Waals surface area contributed by atoms with Gasteiger partial charge in [-0.1, -0.05) is 75.5 Å². The number of ketones is 1. The lowest BCUT2D eigenvalue weighted by molar-refractivity contribution is -0.0980. The Bertz CT molecular complexity index is 902. The van der Waals surface area contributed by atoms with Crippen molar-refractivity contribution in [3.63, 3.8) is 0 Å². The van der Waals surface area contributed by atoms with Gasteiger partial charge in [0.2, 0.25) is 0 Å². The molecule has 3 nitrogen and oxygen atoms in total. The van der Waals surface area contributed by atoms with Crippen LogP contribution < -0.4 is 5.73 Å². The molecule has 0 bridgehead atoms. The summed E-state index contributed by atoms with van der Waals surface area (Å²) < 4.78 is 0.870. The van der Waals surface area contributed by atoms with Gasteiger partial charge in [-0.3, -0.25) is 4.79 Å². The molecule has 0 aliphatic carbocycles. The SMILES string of the molecule is C=O.Cc1ccc(Cl)c(Cl)c1.Nc1cc(Br)ccc1C(=O)c1ccccc1. The fourth-order valence-corrected chi connectivity index (χ4v) is 2.82. The zero-order valence-electron chi connectivity index (χ0n) is 14.6. The molecule has 0 saturated carbocycles.